The maximum absolute atomic E-state index is 12.4. The summed E-state index contributed by atoms with van der Waals surface area (Å²) >= 11 is 1.63. The Labute approximate surface area is 136 Å². The van der Waals surface area contributed by atoms with Crippen LogP contribution in [0.25, 0.3) is 10.8 Å². The lowest BCUT2D eigenvalue weighted by Crippen LogP contribution is -2.44. The van der Waals surface area contributed by atoms with E-state index in [0.717, 1.165) is 30.8 Å². The molecule has 0 aliphatic carbocycles. The van der Waals surface area contributed by atoms with Crippen LogP contribution in [0.3, 0.4) is 0 Å². The molecule has 4 heteroatoms. The van der Waals surface area contributed by atoms with E-state index in [1.165, 1.54) is 10.8 Å². The van der Waals surface area contributed by atoms with E-state index in [9.17, 15) is 4.79 Å². The van der Waals surface area contributed by atoms with Crippen LogP contribution in [0.5, 0.6) is 0 Å². The molecule has 0 aromatic heterocycles. The Morgan fingerprint density at radius 2 is 1.91 bits per heavy atom. The number of benzene rings is 2. The number of carbonyl (C=O) groups is 1. The lowest BCUT2D eigenvalue weighted by Gasteiger charge is -2.31. The quantitative estimate of drug-likeness (QED) is 0.880. The van der Waals surface area contributed by atoms with E-state index in [1.807, 2.05) is 24.1 Å². The second kappa shape index (κ2) is 7.16. The van der Waals surface area contributed by atoms with E-state index < -0.39 is 0 Å². The zero-order chi connectivity index (χ0) is 15.4. The number of fused-ring (bicyclic) bond motifs is 1. The van der Waals surface area contributed by atoms with Crippen LogP contribution >= 0.6 is 11.8 Å². The van der Waals surface area contributed by atoms with Gasteiger partial charge < -0.3 is 10.2 Å². The third-order valence-electron chi connectivity index (χ3n) is 4.33. The molecule has 2 aromatic carbocycles. The number of piperidine rings is 1. The van der Waals surface area contributed by atoms with Gasteiger partial charge in [-0.25, -0.2) is 0 Å². The van der Waals surface area contributed by atoms with Gasteiger partial charge in [0, 0.05) is 18.0 Å². The van der Waals surface area contributed by atoms with Gasteiger partial charge in [0.25, 0.3) is 0 Å². The highest BCUT2D eigenvalue weighted by Crippen LogP contribution is 2.24. The average Bonchev–Trinajstić information content (AvgIpc) is 2.59. The Kier molecular flexibility index (Phi) is 5.01. The summed E-state index contributed by atoms with van der Waals surface area (Å²) in [5.41, 5.74) is 0. The molecule has 22 heavy (non-hydrogen) atoms. The molecule has 3 nitrogen and oxygen atoms in total. The van der Waals surface area contributed by atoms with Crippen molar-refractivity contribution in [2.75, 3.05) is 25.9 Å². The number of nitrogens with zero attached hydrogens (tertiary/aromatic N) is 1. The number of amides is 1. The molecule has 0 radical (unpaired) electrons. The first-order chi connectivity index (χ1) is 10.7. The highest BCUT2D eigenvalue weighted by atomic mass is 32.2. The van der Waals surface area contributed by atoms with E-state index in [4.69, 9.17) is 0 Å². The minimum atomic E-state index is 0.227. The van der Waals surface area contributed by atoms with Crippen LogP contribution in [-0.4, -0.2) is 42.7 Å². The first-order valence-electron chi connectivity index (χ1n) is 7.82. The molecule has 1 heterocycles. The number of carbonyl (C=O) groups excluding carboxylic acids is 1. The molecule has 0 saturated carbocycles. The van der Waals surface area contributed by atoms with Crippen LogP contribution in [0.15, 0.2) is 47.4 Å². The van der Waals surface area contributed by atoms with Crippen molar-refractivity contribution < 1.29 is 4.79 Å². The minimum absolute atomic E-state index is 0.227. The van der Waals surface area contributed by atoms with Crippen LogP contribution in [0, 0.1) is 0 Å². The molecule has 1 saturated heterocycles. The molecule has 0 atom stereocenters. The van der Waals surface area contributed by atoms with E-state index in [1.54, 1.807) is 11.8 Å². The van der Waals surface area contributed by atoms with Crippen LogP contribution in [-0.2, 0) is 4.79 Å². The third kappa shape index (κ3) is 3.62. The van der Waals surface area contributed by atoms with E-state index in [0.29, 0.717) is 11.8 Å². The molecule has 1 aliphatic rings. The van der Waals surface area contributed by atoms with Gasteiger partial charge in [0.1, 0.15) is 0 Å². The average molecular weight is 314 g/mol. The largest absolute Gasteiger partial charge is 0.342 e. The predicted octanol–water partition coefficient (Wildman–Crippen LogP) is 3.14. The Bertz CT molecular complexity index is 652. The molecule has 2 aromatic rings. The van der Waals surface area contributed by atoms with Crippen LogP contribution in [0.4, 0.5) is 0 Å². The van der Waals surface area contributed by atoms with Gasteiger partial charge in [-0.2, -0.15) is 0 Å². The third-order valence-corrected chi connectivity index (χ3v) is 5.31. The molecule has 3 rings (SSSR count). The SMILES string of the molecule is CN(C(=O)CSc1ccc2ccccc2c1)C1CCNCC1. The van der Waals surface area contributed by atoms with Gasteiger partial charge in [-0.3, -0.25) is 4.79 Å². The molecule has 0 unspecified atom stereocenters. The van der Waals surface area contributed by atoms with Crippen LogP contribution < -0.4 is 5.32 Å². The molecule has 1 fully saturated rings. The summed E-state index contributed by atoms with van der Waals surface area (Å²) in [6.45, 7) is 2.03. The maximum atomic E-state index is 12.4. The highest BCUT2D eigenvalue weighted by molar-refractivity contribution is 8.00. The topological polar surface area (TPSA) is 32.3 Å². The van der Waals surface area contributed by atoms with Crippen molar-refractivity contribution in [1.82, 2.24) is 10.2 Å². The summed E-state index contributed by atoms with van der Waals surface area (Å²) in [4.78, 5) is 15.5. The second-order valence-corrected chi connectivity index (χ2v) is 6.83. The van der Waals surface area contributed by atoms with Crippen LogP contribution in [0.2, 0.25) is 0 Å². The molecule has 1 aliphatic heterocycles. The van der Waals surface area contributed by atoms with Crippen molar-refractivity contribution in [2.24, 2.45) is 0 Å². The Balaban J connectivity index is 1.59. The number of nitrogens with one attached hydrogen (secondary N) is 1. The summed E-state index contributed by atoms with van der Waals surface area (Å²) in [6.07, 6.45) is 2.12. The summed E-state index contributed by atoms with van der Waals surface area (Å²) in [7, 11) is 1.94. The van der Waals surface area contributed by atoms with E-state index in [2.05, 4.69) is 35.6 Å². The normalized spacial score (nSPS) is 15.9. The summed E-state index contributed by atoms with van der Waals surface area (Å²) < 4.78 is 0. The fraction of sp³-hybridized carbons (Fsp3) is 0.389. The van der Waals surface area contributed by atoms with Crippen molar-refractivity contribution in [3.8, 4) is 0 Å². The molecule has 1 N–H and O–H groups in total. The molecule has 0 spiro atoms. The lowest BCUT2D eigenvalue weighted by molar-refractivity contribution is -0.129. The number of rotatable bonds is 4. The van der Waals surface area contributed by atoms with E-state index in [-0.39, 0.29) is 5.91 Å². The standard InChI is InChI=1S/C18H22N2OS/c1-20(16-8-10-19-11-9-16)18(21)13-22-17-7-6-14-4-2-3-5-15(14)12-17/h2-7,12,16,19H,8-11,13H2,1H3. The van der Waals surface area contributed by atoms with Gasteiger partial charge in [0.15, 0.2) is 0 Å². The summed E-state index contributed by atoms with van der Waals surface area (Å²) in [6, 6.07) is 15.1. The van der Waals surface area contributed by atoms with Gasteiger partial charge in [-0.05, 0) is 48.8 Å². The summed E-state index contributed by atoms with van der Waals surface area (Å²) in [5, 5.41) is 5.81. The first-order valence-corrected chi connectivity index (χ1v) is 8.80. The minimum Gasteiger partial charge on any atom is -0.342 e. The number of thioether (sulfide) groups is 1. The monoisotopic (exact) mass is 314 g/mol. The van der Waals surface area contributed by atoms with Crippen molar-refractivity contribution in [1.29, 1.82) is 0 Å². The second-order valence-electron chi connectivity index (χ2n) is 5.78. The van der Waals surface area contributed by atoms with Crippen LogP contribution in [0.1, 0.15) is 12.8 Å². The highest BCUT2D eigenvalue weighted by Gasteiger charge is 2.21. The number of hydrogen-bond donors (Lipinski definition) is 1. The Morgan fingerprint density at radius 1 is 1.18 bits per heavy atom. The van der Waals surface area contributed by atoms with Gasteiger partial charge in [0.05, 0.1) is 5.75 Å². The maximum Gasteiger partial charge on any atom is 0.232 e. The zero-order valence-electron chi connectivity index (χ0n) is 12.9. The van der Waals surface area contributed by atoms with E-state index >= 15 is 0 Å². The fourth-order valence-corrected chi connectivity index (χ4v) is 3.77. The molecular formula is C18H22N2OS. The zero-order valence-corrected chi connectivity index (χ0v) is 13.7. The van der Waals surface area contributed by atoms with Crippen molar-refractivity contribution in [2.45, 2.75) is 23.8 Å². The van der Waals surface area contributed by atoms with Gasteiger partial charge in [0.2, 0.25) is 5.91 Å². The molecule has 116 valence electrons. The van der Waals surface area contributed by atoms with Gasteiger partial charge in [-0.1, -0.05) is 30.3 Å². The van der Waals surface area contributed by atoms with Crippen molar-refractivity contribution in [3.05, 3.63) is 42.5 Å². The molecule has 1 amide bonds. The Morgan fingerprint density at radius 3 is 2.68 bits per heavy atom. The lowest BCUT2D eigenvalue weighted by atomic mass is 10.1. The molecule has 0 bridgehead atoms. The van der Waals surface area contributed by atoms with Crippen molar-refractivity contribution >= 4 is 28.4 Å². The fourth-order valence-electron chi connectivity index (χ4n) is 2.90. The number of hydrogen-bond acceptors (Lipinski definition) is 3. The van der Waals surface area contributed by atoms with Crippen molar-refractivity contribution in [3.63, 3.8) is 0 Å². The molecular weight excluding hydrogens is 292 g/mol. The van der Waals surface area contributed by atoms with Gasteiger partial charge >= 0.3 is 0 Å². The van der Waals surface area contributed by atoms with Gasteiger partial charge in [-0.15, -0.1) is 11.8 Å². The summed E-state index contributed by atoms with van der Waals surface area (Å²) in [5.74, 6) is 0.740. The Hall–Kier alpha value is -1.52. The predicted molar refractivity (Wildman–Crippen MR) is 93.3 cm³/mol. The smallest absolute Gasteiger partial charge is 0.232 e. The first kappa shape index (κ1) is 15.4.